The van der Waals surface area contributed by atoms with Crippen LogP contribution in [0.15, 0.2) is 38.1 Å². The van der Waals surface area contributed by atoms with Crippen LogP contribution >= 0.6 is 43.2 Å². The standard InChI is InChI=1S/C16H12Br2N2OS/c1-9-5-12(17)15(13(18)6-9)20-16(21)11(8-19)7-14-10(2)3-4-22-14/h3-7H,1-2H3,(H,20,21)/b11-7+. The molecule has 0 saturated carbocycles. The second-order valence-corrected chi connectivity index (χ2v) is 7.35. The Bertz CT molecular complexity index is 780. The zero-order valence-electron chi connectivity index (χ0n) is 11.9. The number of halogens is 2. The number of thiophene rings is 1. The molecule has 1 amide bonds. The lowest BCUT2D eigenvalue weighted by Gasteiger charge is -2.10. The summed E-state index contributed by atoms with van der Waals surface area (Å²) in [5.74, 6) is -0.430. The summed E-state index contributed by atoms with van der Waals surface area (Å²) in [5.41, 5.74) is 2.79. The first-order valence-electron chi connectivity index (χ1n) is 6.35. The Balaban J connectivity index is 2.30. The Morgan fingerprint density at radius 1 is 1.32 bits per heavy atom. The van der Waals surface area contributed by atoms with Gasteiger partial charge in [0.1, 0.15) is 11.6 Å². The van der Waals surface area contributed by atoms with E-state index in [2.05, 4.69) is 37.2 Å². The number of nitrogens with one attached hydrogen (secondary N) is 1. The average Bonchev–Trinajstić information content (AvgIpc) is 2.85. The fourth-order valence-electron chi connectivity index (χ4n) is 1.81. The number of hydrogen-bond acceptors (Lipinski definition) is 3. The van der Waals surface area contributed by atoms with E-state index in [1.54, 1.807) is 6.08 Å². The fourth-order valence-corrected chi connectivity index (χ4v) is 4.28. The lowest BCUT2D eigenvalue weighted by molar-refractivity contribution is -0.112. The van der Waals surface area contributed by atoms with Crippen LogP contribution in [0.4, 0.5) is 5.69 Å². The summed E-state index contributed by atoms with van der Waals surface area (Å²) in [7, 11) is 0. The third kappa shape index (κ3) is 3.86. The van der Waals surface area contributed by atoms with Crippen LogP contribution in [0.2, 0.25) is 0 Å². The Morgan fingerprint density at radius 2 is 1.95 bits per heavy atom. The number of rotatable bonds is 3. The molecule has 0 atom stereocenters. The number of carbonyl (C=O) groups excluding carboxylic acids is 1. The Hall–Kier alpha value is -1.42. The maximum absolute atomic E-state index is 12.3. The van der Waals surface area contributed by atoms with Crippen molar-refractivity contribution in [2.24, 2.45) is 0 Å². The third-order valence-electron chi connectivity index (χ3n) is 2.97. The molecule has 112 valence electrons. The van der Waals surface area contributed by atoms with Crippen molar-refractivity contribution in [3.05, 3.63) is 54.1 Å². The maximum Gasteiger partial charge on any atom is 0.266 e. The smallest absolute Gasteiger partial charge is 0.266 e. The molecule has 1 N–H and O–H groups in total. The lowest BCUT2D eigenvalue weighted by atomic mass is 10.2. The molecule has 1 aromatic carbocycles. The highest BCUT2D eigenvalue weighted by atomic mass is 79.9. The van der Waals surface area contributed by atoms with Crippen molar-refractivity contribution >= 4 is 60.9 Å². The molecule has 2 rings (SSSR count). The van der Waals surface area contributed by atoms with Crippen molar-refractivity contribution in [1.82, 2.24) is 0 Å². The number of nitriles is 1. The van der Waals surface area contributed by atoms with Gasteiger partial charge >= 0.3 is 0 Å². The van der Waals surface area contributed by atoms with Gasteiger partial charge in [-0.25, -0.2) is 0 Å². The molecular formula is C16H12Br2N2OS. The van der Waals surface area contributed by atoms with E-state index in [0.717, 1.165) is 24.9 Å². The van der Waals surface area contributed by atoms with Crippen molar-refractivity contribution in [3.63, 3.8) is 0 Å². The van der Waals surface area contributed by atoms with Gasteiger partial charge < -0.3 is 5.32 Å². The van der Waals surface area contributed by atoms with E-state index < -0.39 is 5.91 Å². The monoisotopic (exact) mass is 438 g/mol. The number of benzene rings is 1. The summed E-state index contributed by atoms with van der Waals surface area (Å²) >= 11 is 8.35. The minimum absolute atomic E-state index is 0.0740. The largest absolute Gasteiger partial charge is 0.319 e. The molecule has 0 fully saturated rings. The highest BCUT2D eigenvalue weighted by Gasteiger charge is 2.14. The Labute approximate surface area is 149 Å². The van der Waals surface area contributed by atoms with E-state index in [-0.39, 0.29) is 5.57 Å². The molecule has 3 nitrogen and oxygen atoms in total. The van der Waals surface area contributed by atoms with E-state index in [1.165, 1.54) is 11.3 Å². The number of amides is 1. The summed E-state index contributed by atoms with van der Waals surface area (Å²) in [5, 5.41) is 14.0. The molecular weight excluding hydrogens is 428 g/mol. The number of aryl methyl sites for hydroxylation is 2. The summed E-state index contributed by atoms with van der Waals surface area (Å²) < 4.78 is 1.52. The van der Waals surface area contributed by atoms with E-state index in [4.69, 9.17) is 0 Å². The van der Waals surface area contributed by atoms with Gasteiger partial charge in [0.2, 0.25) is 0 Å². The quantitative estimate of drug-likeness (QED) is 0.511. The molecule has 0 spiro atoms. The fraction of sp³-hybridized carbons (Fsp3) is 0.125. The number of carbonyl (C=O) groups is 1. The number of anilines is 1. The first-order valence-corrected chi connectivity index (χ1v) is 8.82. The summed E-state index contributed by atoms with van der Waals surface area (Å²) in [4.78, 5) is 13.2. The van der Waals surface area contributed by atoms with Gasteiger partial charge in [-0.15, -0.1) is 11.3 Å². The van der Waals surface area contributed by atoms with E-state index >= 15 is 0 Å². The first-order chi connectivity index (χ1) is 10.4. The van der Waals surface area contributed by atoms with E-state index in [9.17, 15) is 10.1 Å². The minimum atomic E-state index is -0.430. The topological polar surface area (TPSA) is 52.9 Å². The molecule has 1 aromatic heterocycles. The van der Waals surface area contributed by atoms with Crippen LogP contribution in [0.3, 0.4) is 0 Å². The molecule has 0 aliphatic rings. The second-order valence-electron chi connectivity index (χ2n) is 4.70. The predicted molar refractivity (Wildman–Crippen MR) is 97.9 cm³/mol. The van der Waals surface area contributed by atoms with Crippen LogP contribution in [0.25, 0.3) is 6.08 Å². The molecule has 2 aromatic rings. The zero-order chi connectivity index (χ0) is 16.3. The van der Waals surface area contributed by atoms with Gasteiger partial charge in [-0.3, -0.25) is 4.79 Å². The molecule has 0 aliphatic heterocycles. The highest BCUT2D eigenvalue weighted by molar-refractivity contribution is 9.11. The van der Waals surface area contributed by atoms with Crippen molar-refractivity contribution in [2.45, 2.75) is 13.8 Å². The highest BCUT2D eigenvalue weighted by Crippen LogP contribution is 2.32. The maximum atomic E-state index is 12.3. The van der Waals surface area contributed by atoms with E-state index in [1.807, 2.05) is 43.5 Å². The third-order valence-corrected chi connectivity index (χ3v) is 5.18. The molecule has 1 heterocycles. The summed E-state index contributed by atoms with van der Waals surface area (Å²) in [6.45, 7) is 3.91. The second kappa shape index (κ2) is 7.23. The van der Waals surface area contributed by atoms with Crippen LogP contribution in [0.5, 0.6) is 0 Å². The molecule has 22 heavy (non-hydrogen) atoms. The molecule has 6 heteroatoms. The molecule has 0 unspecified atom stereocenters. The molecule has 0 aliphatic carbocycles. The lowest BCUT2D eigenvalue weighted by Crippen LogP contribution is -2.14. The van der Waals surface area contributed by atoms with Crippen molar-refractivity contribution in [1.29, 1.82) is 5.26 Å². The predicted octanol–water partition coefficient (Wildman–Crippen LogP) is 5.44. The Morgan fingerprint density at radius 3 is 2.45 bits per heavy atom. The van der Waals surface area contributed by atoms with Gasteiger partial charge in [-0.05, 0) is 86.5 Å². The van der Waals surface area contributed by atoms with Gasteiger partial charge in [0.05, 0.1) is 5.69 Å². The normalized spacial score (nSPS) is 11.1. The SMILES string of the molecule is Cc1cc(Br)c(NC(=O)/C(C#N)=C/c2sccc2C)c(Br)c1. The molecule has 0 radical (unpaired) electrons. The first kappa shape index (κ1) is 16.9. The average molecular weight is 440 g/mol. The van der Waals surface area contributed by atoms with Crippen LogP contribution in [0, 0.1) is 25.2 Å². The van der Waals surface area contributed by atoms with Gasteiger partial charge in [-0.1, -0.05) is 0 Å². The van der Waals surface area contributed by atoms with Gasteiger partial charge in [0.15, 0.2) is 0 Å². The van der Waals surface area contributed by atoms with Crippen LogP contribution in [0.1, 0.15) is 16.0 Å². The Kier molecular flexibility index (Phi) is 5.57. The summed E-state index contributed by atoms with van der Waals surface area (Å²) in [6, 6.07) is 7.72. The van der Waals surface area contributed by atoms with Crippen molar-refractivity contribution < 1.29 is 4.79 Å². The van der Waals surface area contributed by atoms with Crippen molar-refractivity contribution in [3.8, 4) is 6.07 Å². The van der Waals surface area contributed by atoms with Crippen LogP contribution < -0.4 is 5.32 Å². The zero-order valence-corrected chi connectivity index (χ0v) is 15.9. The van der Waals surface area contributed by atoms with Crippen LogP contribution in [-0.4, -0.2) is 5.91 Å². The van der Waals surface area contributed by atoms with Crippen LogP contribution in [-0.2, 0) is 4.79 Å². The van der Waals surface area contributed by atoms with Crippen molar-refractivity contribution in [2.75, 3.05) is 5.32 Å². The van der Waals surface area contributed by atoms with Gasteiger partial charge in [-0.2, -0.15) is 5.26 Å². The van der Waals surface area contributed by atoms with E-state index in [0.29, 0.717) is 5.69 Å². The molecule has 0 bridgehead atoms. The minimum Gasteiger partial charge on any atom is -0.319 e. The van der Waals surface area contributed by atoms with Gasteiger partial charge in [0, 0.05) is 13.8 Å². The number of nitrogens with zero attached hydrogens (tertiary/aromatic N) is 1. The van der Waals surface area contributed by atoms with Gasteiger partial charge in [0.25, 0.3) is 5.91 Å². The molecule has 0 saturated heterocycles. The summed E-state index contributed by atoms with van der Waals surface area (Å²) in [6.07, 6.45) is 1.62. The number of hydrogen-bond donors (Lipinski definition) is 1.